The zero-order valence-corrected chi connectivity index (χ0v) is 33.3. The lowest BCUT2D eigenvalue weighted by Crippen LogP contribution is -2.60. The summed E-state index contributed by atoms with van der Waals surface area (Å²) in [5.74, 6) is -0.618. The van der Waals surface area contributed by atoms with Crippen molar-refractivity contribution in [2.45, 2.75) is 90.2 Å². The highest BCUT2D eigenvalue weighted by Crippen LogP contribution is 2.37. The van der Waals surface area contributed by atoms with E-state index in [4.69, 9.17) is 5.73 Å². The third kappa shape index (κ3) is 8.06. The first-order valence-electron chi connectivity index (χ1n) is 19.2. The number of benzene rings is 2. The fraction of sp³-hybridized carbons (Fsp3) is 0.463. The van der Waals surface area contributed by atoms with Gasteiger partial charge in [-0.1, -0.05) is 57.2 Å². The molecular formula is C41H51N9O5S. The molecule has 3 aliphatic rings. The van der Waals surface area contributed by atoms with Gasteiger partial charge in [0.15, 0.2) is 5.82 Å². The number of aliphatic hydroxyl groups is 1. The molecule has 56 heavy (non-hydrogen) atoms. The lowest BCUT2D eigenvalue weighted by atomic mass is 9.85. The Bertz CT molecular complexity index is 2070. The van der Waals surface area contributed by atoms with Gasteiger partial charge in [-0.3, -0.25) is 19.3 Å². The monoisotopic (exact) mass is 781 g/mol. The van der Waals surface area contributed by atoms with Gasteiger partial charge in [0.05, 0.1) is 46.2 Å². The van der Waals surface area contributed by atoms with Gasteiger partial charge in [0, 0.05) is 43.7 Å². The fourth-order valence-corrected chi connectivity index (χ4v) is 9.11. The van der Waals surface area contributed by atoms with Crippen LogP contribution in [-0.2, 0) is 14.4 Å². The van der Waals surface area contributed by atoms with E-state index in [1.807, 2.05) is 76.5 Å². The number of thiazole rings is 1. The number of phenolic OH excluding ortho intramolecular Hbond substituents is 1. The Labute approximate surface area is 331 Å². The van der Waals surface area contributed by atoms with Gasteiger partial charge < -0.3 is 36.4 Å². The number of para-hydroxylation sites is 1. The highest BCUT2D eigenvalue weighted by atomic mass is 32.1. The summed E-state index contributed by atoms with van der Waals surface area (Å²) in [5.41, 5.74) is 12.2. The number of nitrogen functional groups attached to an aromatic ring is 1. The van der Waals surface area contributed by atoms with Crippen LogP contribution in [0.5, 0.6) is 5.75 Å². The molecule has 0 aliphatic carbocycles. The Morgan fingerprint density at radius 1 is 1.00 bits per heavy atom. The predicted molar refractivity (Wildman–Crippen MR) is 216 cm³/mol. The second-order valence-corrected chi connectivity index (χ2v) is 17.2. The second-order valence-electron chi connectivity index (χ2n) is 16.4. The van der Waals surface area contributed by atoms with E-state index in [2.05, 4.69) is 35.6 Å². The molecule has 14 nitrogen and oxygen atoms in total. The molecule has 3 saturated heterocycles. The molecule has 0 saturated carbocycles. The zero-order chi connectivity index (χ0) is 39.9. The number of β-amino-alcohol motifs (C(OH)–C–C–N with tert-alkyl or cyclic N) is 1. The molecule has 6 atom stereocenters. The highest BCUT2D eigenvalue weighted by molar-refractivity contribution is 7.13. The van der Waals surface area contributed by atoms with Crippen molar-refractivity contribution in [2.75, 3.05) is 36.8 Å². The van der Waals surface area contributed by atoms with Crippen LogP contribution in [0.3, 0.4) is 0 Å². The van der Waals surface area contributed by atoms with Crippen LogP contribution < -0.4 is 21.3 Å². The van der Waals surface area contributed by atoms with Crippen molar-refractivity contribution in [1.29, 1.82) is 0 Å². The van der Waals surface area contributed by atoms with Crippen LogP contribution in [0.4, 0.5) is 11.5 Å². The molecule has 15 heteroatoms. The van der Waals surface area contributed by atoms with Crippen molar-refractivity contribution in [3.63, 3.8) is 0 Å². The Morgan fingerprint density at radius 2 is 1.70 bits per heavy atom. The van der Waals surface area contributed by atoms with Crippen LogP contribution >= 0.6 is 11.3 Å². The van der Waals surface area contributed by atoms with E-state index >= 15 is 0 Å². The molecule has 3 aliphatic heterocycles. The molecule has 2 bridgehead atoms. The molecule has 2 aromatic heterocycles. The number of phenols is 1. The van der Waals surface area contributed by atoms with Gasteiger partial charge in [-0.05, 0) is 61.4 Å². The minimum atomic E-state index is -0.926. The standard InChI is InChI=1S/C41H51N9O5S/c1-23(25-10-12-26(13-11-25)36-24(2)43-22-56-36)44-39(54)33-16-29(51)20-50(33)40(55)37(41(3,4)5)45-35(53)21-49-27-14-15-28(49)19-48(18-27)32-17-31(46-47-38(32)42)30-8-6-7-9-34(30)52/h6-13,17,22-23,27-29,33,37,51-52H,14-16,18-21H2,1-5H3,(H2,42,47)(H,44,54)(H,45,53)/t23-,27?,28?,29+,33-,37+/m0/s1. The van der Waals surface area contributed by atoms with Crippen molar-refractivity contribution in [1.82, 2.24) is 35.6 Å². The summed E-state index contributed by atoms with van der Waals surface area (Å²) in [6.07, 6.45) is 1.04. The molecule has 6 N–H and O–H groups in total. The maximum Gasteiger partial charge on any atom is 0.246 e. The van der Waals surface area contributed by atoms with Gasteiger partial charge >= 0.3 is 0 Å². The molecular weight excluding hydrogens is 731 g/mol. The number of carbonyl (C=O) groups is 3. The molecule has 0 radical (unpaired) electrons. The van der Waals surface area contributed by atoms with E-state index in [1.165, 1.54) is 4.90 Å². The van der Waals surface area contributed by atoms with Crippen molar-refractivity contribution in [3.05, 3.63) is 71.4 Å². The number of nitrogens with zero attached hydrogens (tertiary/aromatic N) is 6. The number of nitrogens with one attached hydrogen (secondary N) is 2. The Balaban J connectivity index is 0.991. The first-order valence-corrected chi connectivity index (χ1v) is 20.1. The molecule has 0 spiro atoms. The number of carbonyl (C=O) groups excluding carboxylic acids is 3. The number of hydrogen-bond acceptors (Lipinski definition) is 12. The summed E-state index contributed by atoms with van der Waals surface area (Å²) in [7, 11) is 0. The molecule has 4 aromatic rings. The number of anilines is 2. The van der Waals surface area contributed by atoms with Crippen LogP contribution in [-0.4, -0.2) is 109 Å². The van der Waals surface area contributed by atoms with Gasteiger partial charge in [-0.2, -0.15) is 0 Å². The molecule has 3 amide bonds. The SMILES string of the molecule is Cc1ncsc1-c1ccc([C@H](C)NC(=O)[C@@H]2C[C@@H](O)CN2C(=O)[C@@H](NC(=O)CN2C3CCC2CN(c2cc(-c4ccccc4O)nnc2N)C3)C(C)(C)C)cc1. The number of hydrogen-bond donors (Lipinski definition) is 5. The predicted octanol–water partition coefficient (Wildman–Crippen LogP) is 3.89. The normalized spacial score (nSPS) is 22.2. The molecule has 296 valence electrons. The number of rotatable bonds is 10. The maximum atomic E-state index is 14.3. The third-order valence-electron chi connectivity index (χ3n) is 11.3. The van der Waals surface area contributed by atoms with Crippen molar-refractivity contribution in [2.24, 2.45) is 5.41 Å². The maximum absolute atomic E-state index is 14.3. The minimum absolute atomic E-state index is 0.00134. The first kappa shape index (κ1) is 39.1. The summed E-state index contributed by atoms with van der Waals surface area (Å²) in [5, 5.41) is 35.6. The van der Waals surface area contributed by atoms with E-state index in [9.17, 15) is 24.6 Å². The van der Waals surface area contributed by atoms with E-state index in [1.54, 1.807) is 29.5 Å². The summed E-state index contributed by atoms with van der Waals surface area (Å²) < 4.78 is 0. The van der Waals surface area contributed by atoms with Crippen LogP contribution in [0, 0.1) is 12.3 Å². The fourth-order valence-electron chi connectivity index (χ4n) is 8.30. The number of amides is 3. The van der Waals surface area contributed by atoms with Gasteiger partial charge in [-0.25, -0.2) is 4.98 Å². The number of fused-ring (bicyclic) bond motifs is 2. The Hall–Kier alpha value is -5.12. The summed E-state index contributed by atoms with van der Waals surface area (Å²) in [6, 6.07) is 14.8. The average molecular weight is 782 g/mol. The third-order valence-corrected chi connectivity index (χ3v) is 12.3. The van der Waals surface area contributed by atoms with Crippen molar-refractivity contribution >= 4 is 40.6 Å². The molecule has 2 unspecified atom stereocenters. The van der Waals surface area contributed by atoms with Crippen molar-refractivity contribution < 1.29 is 24.6 Å². The van der Waals surface area contributed by atoms with Crippen LogP contribution in [0.2, 0.25) is 0 Å². The topological polar surface area (TPSA) is 190 Å². The van der Waals surface area contributed by atoms with Gasteiger partial charge in [-0.15, -0.1) is 21.5 Å². The summed E-state index contributed by atoms with van der Waals surface area (Å²) >= 11 is 1.58. The lowest BCUT2D eigenvalue weighted by molar-refractivity contribution is -0.144. The number of aliphatic hydroxyl groups excluding tert-OH is 1. The van der Waals surface area contributed by atoms with E-state index in [-0.39, 0.29) is 55.2 Å². The molecule has 5 heterocycles. The summed E-state index contributed by atoms with van der Waals surface area (Å²) in [4.78, 5) is 53.1. The smallest absolute Gasteiger partial charge is 0.246 e. The average Bonchev–Trinajstić information content (AvgIpc) is 3.83. The Morgan fingerprint density at radius 3 is 2.34 bits per heavy atom. The first-order chi connectivity index (χ1) is 26.7. The number of likely N-dealkylation sites (tertiary alicyclic amines) is 1. The van der Waals surface area contributed by atoms with Gasteiger partial charge in [0.2, 0.25) is 17.7 Å². The minimum Gasteiger partial charge on any atom is -0.507 e. The van der Waals surface area contributed by atoms with Crippen LogP contribution in [0.25, 0.3) is 21.7 Å². The largest absolute Gasteiger partial charge is 0.507 e. The quantitative estimate of drug-likeness (QED) is 0.157. The number of aromatic nitrogens is 3. The summed E-state index contributed by atoms with van der Waals surface area (Å²) in [6.45, 7) is 10.9. The van der Waals surface area contributed by atoms with Crippen molar-refractivity contribution in [3.8, 4) is 27.4 Å². The second kappa shape index (κ2) is 15.8. The highest BCUT2D eigenvalue weighted by Gasteiger charge is 2.46. The van der Waals surface area contributed by atoms with Gasteiger partial charge in [0.1, 0.15) is 17.8 Å². The van der Waals surface area contributed by atoms with E-state index in [0.29, 0.717) is 30.2 Å². The van der Waals surface area contributed by atoms with Crippen LogP contribution in [0.15, 0.2) is 60.1 Å². The van der Waals surface area contributed by atoms with Crippen LogP contribution in [0.1, 0.15) is 64.3 Å². The number of aryl methyl sites for hydroxylation is 1. The van der Waals surface area contributed by atoms with E-state index in [0.717, 1.165) is 40.2 Å². The molecule has 7 rings (SSSR count). The zero-order valence-electron chi connectivity index (χ0n) is 32.5. The van der Waals surface area contributed by atoms with Gasteiger partial charge in [0.25, 0.3) is 0 Å². The van der Waals surface area contributed by atoms with E-state index < -0.39 is 29.5 Å². The number of aromatic hydroxyl groups is 1. The molecule has 3 fully saturated rings. The number of nitrogens with two attached hydrogens (primary N) is 1. The molecule has 2 aromatic carbocycles. The number of piperazine rings is 1. The lowest BCUT2D eigenvalue weighted by Gasteiger charge is -2.42. The Kier molecular flexibility index (Phi) is 11.0.